The molecule has 1 amide bonds. The van der Waals surface area contributed by atoms with E-state index in [1.807, 2.05) is 52.9 Å². The highest BCUT2D eigenvalue weighted by Crippen LogP contribution is 2.25. The van der Waals surface area contributed by atoms with Crippen LogP contribution in [0.5, 0.6) is 11.6 Å². The number of amides is 1. The molecule has 1 aromatic carbocycles. The third-order valence-electron chi connectivity index (χ3n) is 5.88. The van der Waals surface area contributed by atoms with Crippen molar-refractivity contribution in [3.8, 4) is 11.6 Å². The first-order valence-corrected chi connectivity index (χ1v) is 11.1. The summed E-state index contributed by atoms with van der Waals surface area (Å²) in [6, 6.07) is 11.7. The van der Waals surface area contributed by atoms with E-state index in [1.165, 1.54) is 5.69 Å². The summed E-state index contributed by atoms with van der Waals surface area (Å²) in [4.78, 5) is 19.2. The molecule has 4 rings (SSSR count). The van der Waals surface area contributed by atoms with Crippen molar-refractivity contribution in [1.82, 2.24) is 19.7 Å². The zero-order valence-corrected chi connectivity index (χ0v) is 19.0. The number of benzene rings is 1. The van der Waals surface area contributed by atoms with Crippen LogP contribution in [0.4, 0.5) is 0 Å². The summed E-state index contributed by atoms with van der Waals surface area (Å²) in [5.41, 5.74) is 5.41. The van der Waals surface area contributed by atoms with E-state index in [0.29, 0.717) is 31.9 Å². The molecule has 0 aliphatic carbocycles. The number of fused-ring (bicyclic) bond motifs is 1. The SMILES string of the molecule is CCn1nc(COc2cc(C)ccn2)c2c1CCN(C(=O)CCc1cccc(OC)c1)C2. The maximum Gasteiger partial charge on any atom is 0.223 e. The Bertz CT molecular complexity index is 1090. The lowest BCUT2D eigenvalue weighted by atomic mass is 10.0. The van der Waals surface area contributed by atoms with Crippen LogP contribution >= 0.6 is 0 Å². The normalized spacial score (nSPS) is 13.0. The Kier molecular flexibility index (Phi) is 6.73. The number of aryl methyl sites for hydroxylation is 3. The molecular formula is C25H30N4O3. The van der Waals surface area contributed by atoms with Crippen LogP contribution < -0.4 is 9.47 Å². The molecule has 2 aromatic heterocycles. The Morgan fingerprint density at radius 2 is 2.09 bits per heavy atom. The maximum atomic E-state index is 13.0. The fourth-order valence-corrected chi connectivity index (χ4v) is 4.12. The van der Waals surface area contributed by atoms with Gasteiger partial charge in [0.05, 0.1) is 7.11 Å². The number of methoxy groups -OCH3 is 1. The minimum atomic E-state index is 0.162. The molecule has 0 N–H and O–H groups in total. The van der Waals surface area contributed by atoms with Gasteiger partial charge in [-0.25, -0.2) is 4.98 Å². The van der Waals surface area contributed by atoms with E-state index in [-0.39, 0.29) is 5.91 Å². The lowest BCUT2D eigenvalue weighted by Gasteiger charge is -2.28. The van der Waals surface area contributed by atoms with E-state index in [0.717, 1.165) is 47.6 Å². The number of carbonyl (C=O) groups is 1. The topological polar surface area (TPSA) is 69.5 Å². The van der Waals surface area contributed by atoms with Gasteiger partial charge in [0.25, 0.3) is 0 Å². The van der Waals surface area contributed by atoms with Crippen LogP contribution in [-0.4, -0.2) is 39.2 Å². The van der Waals surface area contributed by atoms with Crippen LogP contribution in [0.1, 0.15) is 41.4 Å². The second-order valence-corrected chi connectivity index (χ2v) is 8.06. The van der Waals surface area contributed by atoms with Gasteiger partial charge >= 0.3 is 0 Å². The molecule has 0 unspecified atom stereocenters. The van der Waals surface area contributed by atoms with Crippen molar-refractivity contribution in [2.45, 2.75) is 52.8 Å². The lowest BCUT2D eigenvalue weighted by Crippen LogP contribution is -2.36. The number of ether oxygens (including phenoxy) is 2. The van der Waals surface area contributed by atoms with Gasteiger partial charge in [-0.1, -0.05) is 12.1 Å². The Morgan fingerprint density at radius 3 is 2.88 bits per heavy atom. The van der Waals surface area contributed by atoms with Gasteiger partial charge in [0.15, 0.2) is 0 Å². The molecule has 1 aliphatic rings. The molecule has 3 aromatic rings. The predicted molar refractivity (Wildman–Crippen MR) is 122 cm³/mol. The second-order valence-electron chi connectivity index (χ2n) is 8.06. The molecule has 1 aliphatic heterocycles. The van der Waals surface area contributed by atoms with Gasteiger partial charge in [-0.3, -0.25) is 9.48 Å². The van der Waals surface area contributed by atoms with Gasteiger partial charge in [0, 0.05) is 56.0 Å². The van der Waals surface area contributed by atoms with Crippen molar-refractivity contribution in [1.29, 1.82) is 0 Å². The van der Waals surface area contributed by atoms with Gasteiger partial charge in [0.1, 0.15) is 18.1 Å². The number of rotatable bonds is 8. The standard InChI is InChI=1S/C25H30N4O3/c1-4-29-23-11-13-28(25(30)9-8-19-6-5-7-20(15-19)31-3)16-21(23)22(27-29)17-32-24-14-18(2)10-12-26-24/h5-7,10,12,14-15H,4,8-9,11,13,16-17H2,1-3H3. The van der Waals surface area contributed by atoms with Crippen molar-refractivity contribution in [3.63, 3.8) is 0 Å². The molecule has 0 spiro atoms. The zero-order chi connectivity index (χ0) is 22.5. The van der Waals surface area contributed by atoms with E-state index in [9.17, 15) is 4.79 Å². The summed E-state index contributed by atoms with van der Waals surface area (Å²) < 4.78 is 13.2. The minimum Gasteiger partial charge on any atom is -0.497 e. The fraction of sp³-hybridized carbons (Fsp3) is 0.400. The van der Waals surface area contributed by atoms with E-state index < -0.39 is 0 Å². The minimum absolute atomic E-state index is 0.162. The second kappa shape index (κ2) is 9.85. The van der Waals surface area contributed by atoms with Gasteiger partial charge in [-0.2, -0.15) is 5.10 Å². The Hall–Kier alpha value is -3.35. The molecule has 0 saturated heterocycles. The molecule has 0 radical (unpaired) electrons. The summed E-state index contributed by atoms with van der Waals surface area (Å²) >= 11 is 0. The van der Waals surface area contributed by atoms with E-state index >= 15 is 0 Å². The van der Waals surface area contributed by atoms with Crippen LogP contribution in [0.2, 0.25) is 0 Å². The summed E-state index contributed by atoms with van der Waals surface area (Å²) in [7, 11) is 1.66. The summed E-state index contributed by atoms with van der Waals surface area (Å²) in [6.07, 6.45) is 3.73. The fourth-order valence-electron chi connectivity index (χ4n) is 4.12. The van der Waals surface area contributed by atoms with Crippen LogP contribution in [0, 0.1) is 6.92 Å². The lowest BCUT2D eigenvalue weighted by molar-refractivity contribution is -0.132. The summed E-state index contributed by atoms with van der Waals surface area (Å²) in [5, 5.41) is 4.77. The van der Waals surface area contributed by atoms with Crippen molar-refractivity contribution in [3.05, 3.63) is 70.7 Å². The van der Waals surface area contributed by atoms with Crippen molar-refractivity contribution >= 4 is 5.91 Å². The number of hydrogen-bond donors (Lipinski definition) is 0. The molecule has 0 atom stereocenters. The van der Waals surface area contributed by atoms with E-state index in [2.05, 4.69) is 11.9 Å². The Morgan fingerprint density at radius 1 is 1.22 bits per heavy atom. The molecule has 3 heterocycles. The van der Waals surface area contributed by atoms with Crippen LogP contribution in [0.15, 0.2) is 42.6 Å². The molecule has 168 valence electrons. The highest BCUT2D eigenvalue weighted by molar-refractivity contribution is 5.76. The predicted octanol–water partition coefficient (Wildman–Crippen LogP) is 3.71. The number of pyridine rings is 1. The van der Waals surface area contributed by atoms with Gasteiger partial charge in [0.2, 0.25) is 11.8 Å². The maximum absolute atomic E-state index is 13.0. The monoisotopic (exact) mass is 434 g/mol. The van der Waals surface area contributed by atoms with Crippen LogP contribution in [-0.2, 0) is 37.3 Å². The van der Waals surface area contributed by atoms with Gasteiger partial charge in [-0.05, 0) is 49.6 Å². The smallest absolute Gasteiger partial charge is 0.223 e. The third kappa shape index (κ3) is 4.93. The average Bonchev–Trinajstić information content (AvgIpc) is 3.18. The number of hydrogen-bond acceptors (Lipinski definition) is 5. The van der Waals surface area contributed by atoms with Gasteiger partial charge in [-0.15, -0.1) is 0 Å². The Balaban J connectivity index is 1.43. The molecule has 0 fully saturated rings. The van der Waals surface area contributed by atoms with E-state index in [4.69, 9.17) is 14.6 Å². The Labute approximate surface area is 189 Å². The first kappa shape index (κ1) is 21.9. The molecular weight excluding hydrogens is 404 g/mol. The molecule has 7 nitrogen and oxygen atoms in total. The van der Waals surface area contributed by atoms with E-state index in [1.54, 1.807) is 13.3 Å². The average molecular weight is 435 g/mol. The first-order chi connectivity index (χ1) is 15.6. The van der Waals surface area contributed by atoms with Crippen molar-refractivity contribution < 1.29 is 14.3 Å². The number of nitrogens with zero attached hydrogens (tertiary/aromatic N) is 4. The molecule has 0 saturated carbocycles. The molecule has 7 heteroatoms. The molecule has 0 bridgehead atoms. The quantitative estimate of drug-likeness (QED) is 0.541. The first-order valence-electron chi connectivity index (χ1n) is 11.1. The summed E-state index contributed by atoms with van der Waals surface area (Å²) in [6.45, 7) is 6.54. The van der Waals surface area contributed by atoms with Crippen molar-refractivity contribution in [2.75, 3.05) is 13.7 Å². The number of aromatic nitrogens is 3. The largest absolute Gasteiger partial charge is 0.497 e. The van der Waals surface area contributed by atoms with Crippen LogP contribution in [0.3, 0.4) is 0 Å². The molecule has 32 heavy (non-hydrogen) atoms. The van der Waals surface area contributed by atoms with Crippen LogP contribution in [0.25, 0.3) is 0 Å². The highest BCUT2D eigenvalue weighted by Gasteiger charge is 2.27. The summed E-state index contributed by atoms with van der Waals surface area (Å²) in [5.74, 6) is 1.57. The number of carbonyl (C=O) groups excluding carboxylic acids is 1. The van der Waals surface area contributed by atoms with Gasteiger partial charge < -0.3 is 14.4 Å². The zero-order valence-electron chi connectivity index (χ0n) is 19.0. The highest BCUT2D eigenvalue weighted by atomic mass is 16.5. The third-order valence-corrected chi connectivity index (χ3v) is 5.88. The van der Waals surface area contributed by atoms with Crippen molar-refractivity contribution in [2.24, 2.45) is 0 Å².